The number of carboxylic acid groups (broad SMARTS) is 1. The SMILES string of the molecule is O=C(Cc1cccs1)N/N=C/c1ccccc1C(=O)O. The van der Waals surface area contributed by atoms with Crippen LogP contribution in [0.3, 0.4) is 0 Å². The summed E-state index contributed by atoms with van der Waals surface area (Å²) in [4.78, 5) is 23.5. The molecule has 1 aromatic heterocycles. The van der Waals surface area contributed by atoms with Crippen LogP contribution in [0.5, 0.6) is 0 Å². The number of amides is 1. The van der Waals surface area contributed by atoms with Crippen molar-refractivity contribution in [3.05, 3.63) is 57.8 Å². The first-order valence-corrected chi connectivity index (χ1v) is 6.71. The highest BCUT2D eigenvalue weighted by atomic mass is 32.1. The van der Waals surface area contributed by atoms with Gasteiger partial charge in [0.2, 0.25) is 5.91 Å². The lowest BCUT2D eigenvalue weighted by molar-refractivity contribution is -0.120. The maximum atomic E-state index is 11.6. The Morgan fingerprint density at radius 1 is 1.25 bits per heavy atom. The Kier molecular flexibility index (Phi) is 4.62. The summed E-state index contributed by atoms with van der Waals surface area (Å²) in [6, 6.07) is 10.2. The van der Waals surface area contributed by atoms with E-state index in [1.165, 1.54) is 23.6 Å². The Balaban J connectivity index is 1.96. The number of carboxylic acids is 1. The van der Waals surface area contributed by atoms with Gasteiger partial charge in [-0.15, -0.1) is 11.3 Å². The van der Waals surface area contributed by atoms with Crippen molar-refractivity contribution in [2.45, 2.75) is 6.42 Å². The summed E-state index contributed by atoms with van der Waals surface area (Å²) < 4.78 is 0. The van der Waals surface area contributed by atoms with Crippen LogP contribution in [-0.4, -0.2) is 23.2 Å². The molecule has 5 nitrogen and oxygen atoms in total. The number of nitrogens with one attached hydrogen (secondary N) is 1. The first kappa shape index (κ1) is 14.0. The Morgan fingerprint density at radius 2 is 2.05 bits per heavy atom. The fourth-order valence-corrected chi connectivity index (χ4v) is 2.29. The third kappa shape index (κ3) is 3.76. The zero-order valence-corrected chi connectivity index (χ0v) is 11.3. The Bertz CT molecular complexity index is 636. The molecule has 2 aromatic rings. The minimum atomic E-state index is -1.03. The van der Waals surface area contributed by atoms with Crippen LogP contribution in [-0.2, 0) is 11.2 Å². The predicted octanol–water partition coefficient (Wildman–Crippen LogP) is 2.14. The summed E-state index contributed by atoms with van der Waals surface area (Å²) in [6.07, 6.45) is 1.59. The van der Waals surface area contributed by atoms with Gasteiger partial charge in [-0.05, 0) is 17.5 Å². The van der Waals surface area contributed by atoms with Gasteiger partial charge in [-0.25, -0.2) is 10.2 Å². The van der Waals surface area contributed by atoms with Crippen LogP contribution in [0.15, 0.2) is 46.9 Å². The lowest BCUT2D eigenvalue weighted by atomic mass is 10.1. The smallest absolute Gasteiger partial charge is 0.336 e. The van der Waals surface area contributed by atoms with Crippen molar-refractivity contribution >= 4 is 29.4 Å². The molecule has 0 saturated carbocycles. The second kappa shape index (κ2) is 6.63. The van der Waals surface area contributed by atoms with Crippen LogP contribution in [0.4, 0.5) is 0 Å². The lowest BCUT2D eigenvalue weighted by Gasteiger charge is -2.00. The number of benzene rings is 1. The lowest BCUT2D eigenvalue weighted by Crippen LogP contribution is -2.19. The topological polar surface area (TPSA) is 78.8 Å². The van der Waals surface area contributed by atoms with E-state index in [1.807, 2.05) is 17.5 Å². The third-order valence-electron chi connectivity index (χ3n) is 2.50. The first-order chi connectivity index (χ1) is 9.66. The van der Waals surface area contributed by atoms with E-state index in [2.05, 4.69) is 10.5 Å². The van der Waals surface area contributed by atoms with Crippen LogP contribution < -0.4 is 5.43 Å². The van der Waals surface area contributed by atoms with E-state index in [4.69, 9.17) is 5.11 Å². The van der Waals surface area contributed by atoms with Crippen molar-refractivity contribution in [2.24, 2.45) is 5.10 Å². The molecule has 0 saturated heterocycles. The molecular formula is C14H12N2O3S. The zero-order valence-electron chi connectivity index (χ0n) is 10.4. The molecule has 20 heavy (non-hydrogen) atoms. The third-order valence-corrected chi connectivity index (χ3v) is 3.38. The molecule has 1 heterocycles. The molecule has 2 rings (SSSR count). The fourth-order valence-electron chi connectivity index (χ4n) is 1.59. The number of carbonyl (C=O) groups is 2. The highest BCUT2D eigenvalue weighted by Crippen LogP contribution is 2.09. The molecule has 2 N–H and O–H groups in total. The number of aromatic carboxylic acids is 1. The maximum absolute atomic E-state index is 11.6. The average Bonchev–Trinajstić information content (AvgIpc) is 2.92. The molecule has 0 atom stereocenters. The highest BCUT2D eigenvalue weighted by molar-refractivity contribution is 7.10. The van der Waals surface area contributed by atoms with E-state index < -0.39 is 5.97 Å². The summed E-state index contributed by atoms with van der Waals surface area (Å²) >= 11 is 1.50. The van der Waals surface area contributed by atoms with Crippen LogP contribution >= 0.6 is 11.3 Å². The molecule has 0 spiro atoms. The first-order valence-electron chi connectivity index (χ1n) is 5.83. The average molecular weight is 288 g/mol. The van der Waals surface area contributed by atoms with Crippen molar-refractivity contribution in [2.75, 3.05) is 0 Å². The van der Waals surface area contributed by atoms with E-state index in [9.17, 15) is 9.59 Å². The van der Waals surface area contributed by atoms with Crippen LogP contribution in [0, 0.1) is 0 Å². The zero-order chi connectivity index (χ0) is 14.4. The number of hydrogen-bond donors (Lipinski definition) is 2. The minimum absolute atomic E-state index is 0.142. The van der Waals surface area contributed by atoms with Gasteiger partial charge in [-0.1, -0.05) is 24.3 Å². The largest absolute Gasteiger partial charge is 0.478 e. The summed E-state index contributed by atoms with van der Waals surface area (Å²) in [5.74, 6) is -1.27. The van der Waals surface area contributed by atoms with E-state index in [1.54, 1.807) is 18.2 Å². The molecule has 0 unspecified atom stereocenters. The molecule has 1 amide bonds. The van der Waals surface area contributed by atoms with E-state index in [-0.39, 0.29) is 17.9 Å². The standard InChI is InChI=1S/C14H12N2O3S/c17-13(8-11-5-3-7-20-11)16-15-9-10-4-1-2-6-12(10)14(18)19/h1-7,9H,8H2,(H,16,17)(H,18,19)/b15-9+. The summed E-state index contributed by atoms with van der Waals surface area (Å²) in [5.41, 5.74) is 2.96. The number of hydrogen-bond acceptors (Lipinski definition) is 4. The number of hydrazone groups is 1. The molecule has 0 aliphatic heterocycles. The maximum Gasteiger partial charge on any atom is 0.336 e. The molecule has 6 heteroatoms. The molecule has 1 aromatic carbocycles. The predicted molar refractivity (Wildman–Crippen MR) is 77.2 cm³/mol. The summed E-state index contributed by atoms with van der Waals surface area (Å²) in [6.45, 7) is 0. The van der Waals surface area contributed by atoms with Gasteiger partial charge in [0.05, 0.1) is 18.2 Å². The molecule has 0 fully saturated rings. The van der Waals surface area contributed by atoms with Crippen LogP contribution in [0.25, 0.3) is 0 Å². The normalized spacial score (nSPS) is 10.6. The van der Waals surface area contributed by atoms with Crippen molar-refractivity contribution in [3.8, 4) is 0 Å². The van der Waals surface area contributed by atoms with Crippen molar-refractivity contribution in [1.82, 2.24) is 5.43 Å². The Hall–Kier alpha value is -2.47. The van der Waals surface area contributed by atoms with Gasteiger partial charge in [0, 0.05) is 10.4 Å². The molecule has 0 aliphatic carbocycles. The summed E-state index contributed by atoms with van der Waals surface area (Å²) in [7, 11) is 0. The number of thiophene rings is 1. The monoisotopic (exact) mass is 288 g/mol. The van der Waals surface area contributed by atoms with Gasteiger partial charge in [0.1, 0.15) is 0 Å². The highest BCUT2D eigenvalue weighted by Gasteiger charge is 2.07. The van der Waals surface area contributed by atoms with Crippen LogP contribution in [0.1, 0.15) is 20.8 Å². The van der Waals surface area contributed by atoms with Gasteiger partial charge < -0.3 is 5.11 Å². The molecule has 0 bridgehead atoms. The number of rotatable bonds is 5. The molecule has 0 radical (unpaired) electrons. The second-order valence-electron chi connectivity index (χ2n) is 3.94. The number of nitrogens with zero attached hydrogens (tertiary/aromatic N) is 1. The van der Waals surface area contributed by atoms with E-state index in [0.29, 0.717) is 5.56 Å². The fraction of sp³-hybridized carbons (Fsp3) is 0.0714. The van der Waals surface area contributed by atoms with Crippen molar-refractivity contribution in [3.63, 3.8) is 0 Å². The Labute approximate surface area is 119 Å². The number of carbonyl (C=O) groups excluding carboxylic acids is 1. The minimum Gasteiger partial charge on any atom is -0.478 e. The van der Waals surface area contributed by atoms with Gasteiger partial charge in [-0.2, -0.15) is 5.10 Å². The molecule has 102 valence electrons. The summed E-state index contributed by atoms with van der Waals surface area (Å²) in [5, 5.41) is 14.7. The molecular weight excluding hydrogens is 276 g/mol. The van der Waals surface area contributed by atoms with E-state index >= 15 is 0 Å². The molecule has 0 aliphatic rings. The van der Waals surface area contributed by atoms with Gasteiger partial charge in [0.25, 0.3) is 0 Å². The Morgan fingerprint density at radius 3 is 2.75 bits per heavy atom. The van der Waals surface area contributed by atoms with Crippen molar-refractivity contribution in [1.29, 1.82) is 0 Å². The van der Waals surface area contributed by atoms with Gasteiger partial charge in [0.15, 0.2) is 0 Å². The van der Waals surface area contributed by atoms with Gasteiger partial charge in [-0.3, -0.25) is 4.79 Å². The quantitative estimate of drug-likeness (QED) is 0.653. The van der Waals surface area contributed by atoms with Crippen LogP contribution in [0.2, 0.25) is 0 Å². The van der Waals surface area contributed by atoms with E-state index in [0.717, 1.165) is 4.88 Å². The van der Waals surface area contributed by atoms with Crippen molar-refractivity contribution < 1.29 is 14.7 Å². The second-order valence-corrected chi connectivity index (χ2v) is 4.97. The van der Waals surface area contributed by atoms with Gasteiger partial charge >= 0.3 is 5.97 Å².